The van der Waals surface area contributed by atoms with Crippen LogP contribution >= 0.6 is 7.82 Å². The van der Waals surface area contributed by atoms with E-state index in [0.717, 1.165) is 38.5 Å². The molecule has 0 spiro atoms. The Bertz CT molecular complexity index is 777. The number of phosphoric ester groups is 1. The van der Waals surface area contributed by atoms with Crippen molar-refractivity contribution in [3.05, 3.63) is 24.3 Å². The molecule has 0 saturated carbocycles. The Morgan fingerprint density at radius 1 is 0.638 bits per heavy atom. The van der Waals surface area contributed by atoms with E-state index in [0.29, 0.717) is 13.0 Å². The lowest BCUT2D eigenvalue weighted by Gasteiger charge is -2.20. The third kappa shape index (κ3) is 36.1. The minimum absolute atomic E-state index is 0.0952. The van der Waals surface area contributed by atoms with E-state index in [-0.39, 0.29) is 32.3 Å². The predicted molar refractivity (Wildman–Crippen MR) is 197 cm³/mol. The smallest absolute Gasteiger partial charge is 0.457 e. The number of hydrogen-bond donors (Lipinski definition) is 2. The molecule has 0 aliphatic carbocycles. The lowest BCUT2D eigenvalue weighted by Crippen LogP contribution is -2.28. The zero-order valence-electron chi connectivity index (χ0n) is 30.5. The molecule has 0 aromatic heterocycles. The molecule has 47 heavy (non-hydrogen) atoms. The summed E-state index contributed by atoms with van der Waals surface area (Å²) in [4.78, 5) is 22.3. The van der Waals surface area contributed by atoms with Crippen LogP contribution < -0.4 is 5.73 Å². The number of unbranched alkanes of at least 4 members (excludes halogenated alkanes) is 20. The summed E-state index contributed by atoms with van der Waals surface area (Å²) in [6, 6.07) is 0. The molecule has 0 rings (SSSR count). The first-order chi connectivity index (χ1) is 22.9. The molecule has 9 heteroatoms. The maximum atomic E-state index is 12.5. The molecule has 2 atom stereocenters. The highest BCUT2D eigenvalue weighted by molar-refractivity contribution is 7.47. The summed E-state index contributed by atoms with van der Waals surface area (Å²) in [5.74, 6) is -0.336. The van der Waals surface area contributed by atoms with Crippen LogP contribution in [0, 0.1) is 0 Å². The predicted octanol–water partition coefficient (Wildman–Crippen LogP) is 10.9. The molecule has 0 saturated heterocycles. The molecular weight excluding hydrogens is 613 g/mol. The molecule has 3 N–H and O–H groups in total. The van der Waals surface area contributed by atoms with Gasteiger partial charge >= 0.3 is 13.8 Å². The maximum Gasteiger partial charge on any atom is 0.472 e. The Morgan fingerprint density at radius 2 is 1.13 bits per heavy atom. The van der Waals surface area contributed by atoms with Gasteiger partial charge in [-0.3, -0.25) is 13.8 Å². The Balaban J connectivity index is 4.00. The number of esters is 1. The van der Waals surface area contributed by atoms with Crippen LogP contribution in [0.3, 0.4) is 0 Å². The van der Waals surface area contributed by atoms with Gasteiger partial charge in [-0.05, 0) is 44.9 Å². The van der Waals surface area contributed by atoms with Crippen molar-refractivity contribution in [1.29, 1.82) is 0 Å². The van der Waals surface area contributed by atoms with Gasteiger partial charge in [0.15, 0.2) is 0 Å². The number of rotatable bonds is 37. The van der Waals surface area contributed by atoms with E-state index >= 15 is 0 Å². The van der Waals surface area contributed by atoms with Gasteiger partial charge in [0.2, 0.25) is 0 Å². The molecule has 0 aliphatic heterocycles. The van der Waals surface area contributed by atoms with Crippen LogP contribution in [0.25, 0.3) is 0 Å². The van der Waals surface area contributed by atoms with Gasteiger partial charge in [0.05, 0.1) is 19.8 Å². The Morgan fingerprint density at radius 3 is 1.68 bits per heavy atom. The van der Waals surface area contributed by atoms with Crippen LogP contribution in [0.5, 0.6) is 0 Å². The molecule has 0 aromatic carbocycles. The van der Waals surface area contributed by atoms with E-state index in [2.05, 4.69) is 38.2 Å². The van der Waals surface area contributed by atoms with E-state index < -0.39 is 13.9 Å². The van der Waals surface area contributed by atoms with E-state index in [1.165, 1.54) is 116 Å². The molecule has 0 aromatic rings. The summed E-state index contributed by atoms with van der Waals surface area (Å²) in [6.07, 6.45) is 37.7. The standard InChI is InChI=1S/C38H74NO7P/c1-3-5-7-9-11-13-14-15-16-17-18-19-20-21-22-24-26-28-30-33-43-35-37(36-45-47(41,42)44-34-32-39)46-38(40)31-29-27-25-23-12-10-8-6-4-2/h13-14,16-17,37H,3-12,15,18-36,39H2,1-2H3,(H,41,42)/b14-13-,17-16-. The normalized spacial score (nSPS) is 13.9. The van der Waals surface area contributed by atoms with Crippen molar-refractivity contribution in [1.82, 2.24) is 0 Å². The van der Waals surface area contributed by atoms with Crippen LogP contribution in [0.2, 0.25) is 0 Å². The summed E-state index contributed by atoms with van der Waals surface area (Å²) in [6.45, 7) is 4.88. The van der Waals surface area contributed by atoms with E-state index in [4.69, 9.17) is 24.3 Å². The number of hydrogen-bond acceptors (Lipinski definition) is 7. The number of carbonyl (C=O) groups excluding carboxylic acids is 1. The van der Waals surface area contributed by atoms with Gasteiger partial charge in [0, 0.05) is 19.6 Å². The van der Waals surface area contributed by atoms with Crippen molar-refractivity contribution >= 4 is 13.8 Å². The number of nitrogens with two attached hydrogens (primary N) is 1. The lowest BCUT2D eigenvalue weighted by molar-refractivity contribution is -0.154. The Hall–Kier alpha value is -1.02. The zero-order valence-corrected chi connectivity index (χ0v) is 31.4. The fraction of sp³-hybridized carbons (Fsp3) is 0.868. The fourth-order valence-corrected chi connectivity index (χ4v) is 6.03. The maximum absolute atomic E-state index is 12.5. The summed E-state index contributed by atoms with van der Waals surface area (Å²) in [5, 5.41) is 0. The van der Waals surface area contributed by atoms with Crippen LogP contribution in [-0.4, -0.2) is 49.9 Å². The van der Waals surface area contributed by atoms with Gasteiger partial charge < -0.3 is 20.1 Å². The van der Waals surface area contributed by atoms with E-state index in [1.54, 1.807) is 0 Å². The summed E-state index contributed by atoms with van der Waals surface area (Å²) in [7, 11) is -4.26. The van der Waals surface area contributed by atoms with Crippen LogP contribution in [-0.2, 0) is 27.9 Å². The quantitative estimate of drug-likeness (QED) is 0.0287. The van der Waals surface area contributed by atoms with Crippen molar-refractivity contribution in [2.45, 2.75) is 180 Å². The molecule has 0 fully saturated rings. The minimum Gasteiger partial charge on any atom is -0.457 e. The second-order valence-electron chi connectivity index (χ2n) is 12.8. The van der Waals surface area contributed by atoms with E-state index in [9.17, 15) is 14.3 Å². The molecule has 0 amide bonds. The lowest BCUT2D eigenvalue weighted by atomic mass is 10.1. The molecule has 278 valence electrons. The van der Waals surface area contributed by atoms with Gasteiger partial charge in [-0.1, -0.05) is 147 Å². The zero-order chi connectivity index (χ0) is 34.5. The largest absolute Gasteiger partial charge is 0.472 e. The first-order valence-electron chi connectivity index (χ1n) is 19.3. The number of carbonyl (C=O) groups is 1. The highest BCUT2D eigenvalue weighted by Crippen LogP contribution is 2.43. The average molecular weight is 688 g/mol. The summed E-state index contributed by atoms with van der Waals surface area (Å²) in [5.41, 5.74) is 5.34. The second-order valence-corrected chi connectivity index (χ2v) is 14.2. The van der Waals surface area contributed by atoms with Gasteiger partial charge in [-0.25, -0.2) is 4.57 Å². The van der Waals surface area contributed by atoms with Crippen molar-refractivity contribution in [2.75, 3.05) is 33.0 Å². The SMILES string of the molecule is CCCCCC/C=C\C/C=C\CCCCCCCCCCOCC(COP(=O)(O)OCCN)OC(=O)CCCCCCCCCCC. The molecular formula is C38H74NO7P. The number of ether oxygens (including phenoxy) is 2. The van der Waals surface area contributed by atoms with Gasteiger partial charge in [0.25, 0.3) is 0 Å². The summed E-state index contributed by atoms with van der Waals surface area (Å²) < 4.78 is 33.2. The van der Waals surface area contributed by atoms with Crippen LogP contribution in [0.4, 0.5) is 0 Å². The molecule has 2 unspecified atom stereocenters. The fourth-order valence-electron chi connectivity index (χ4n) is 5.26. The number of phosphoric acid groups is 1. The van der Waals surface area contributed by atoms with E-state index in [1.807, 2.05) is 0 Å². The summed E-state index contributed by atoms with van der Waals surface area (Å²) >= 11 is 0. The second kappa shape index (κ2) is 36.3. The Kier molecular flexibility index (Phi) is 35.5. The third-order valence-corrected chi connectivity index (χ3v) is 9.11. The van der Waals surface area contributed by atoms with Crippen molar-refractivity contribution in [2.24, 2.45) is 5.73 Å². The van der Waals surface area contributed by atoms with Gasteiger partial charge in [-0.2, -0.15) is 0 Å². The molecule has 0 bridgehead atoms. The van der Waals surface area contributed by atoms with Crippen LogP contribution in [0.1, 0.15) is 174 Å². The Labute approximate surface area is 289 Å². The molecule has 8 nitrogen and oxygen atoms in total. The third-order valence-electron chi connectivity index (χ3n) is 8.12. The molecule has 0 radical (unpaired) electrons. The first kappa shape index (κ1) is 46.0. The first-order valence-corrected chi connectivity index (χ1v) is 20.8. The minimum atomic E-state index is -4.26. The van der Waals surface area contributed by atoms with Crippen molar-refractivity contribution < 1.29 is 32.8 Å². The monoisotopic (exact) mass is 688 g/mol. The molecule has 0 heterocycles. The van der Waals surface area contributed by atoms with Crippen molar-refractivity contribution in [3.8, 4) is 0 Å². The highest BCUT2D eigenvalue weighted by Gasteiger charge is 2.25. The van der Waals surface area contributed by atoms with Gasteiger partial charge in [0.1, 0.15) is 6.10 Å². The number of allylic oxidation sites excluding steroid dienone is 4. The van der Waals surface area contributed by atoms with Gasteiger partial charge in [-0.15, -0.1) is 0 Å². The average Bonchev–Trinajstić information content (AvgIpc) is 3.06. The van der Waals surface area contributed by atoms with Crippen molar-refractivity contribution in [3.63, 3.8) is 0 Å². The topological polar surface area (TPSA) is 117 Å². The van der Waals surface area contributed by atoms with Crippen LogP contribution in [0.15, 0.2) is 24.3 Å². The molecule has 0 aliphatic rings. The highest BCUT2D eigenvalue weighted by atomic mass is 31.2.